The summed E-state index contributed by atoms with van der Waals surface area (Å²) < 4.78 is 26.4. The molecule has 86 valence electrons. The quantitative estimate of drug-likeness (QED) is 0.928. The zero-order valence-electron chi connectivity index (χ0n) is 8.24. The summed E-state index contributed by atoms with van der Waals surface area (Å²) in [4.78, 5) is -0.0422. The van der Waals surface area contributed by atoms with E-state index in [9.17, 15) is 8.42 Å². The minimum atomic E-state index is -3.74. The van der Waals surface area contributed by atoms with Gasteiger partial charge in [0.25, 0.3) is 0 Å². The molecule has 0 aliphatic rings. The Morgan fingerprint density at radius 1 is 1.56 bits per heavy atom. The van der Waals surface area contributed by atoms with Crippen LogP contribution in [0, 0.1) is 11.3 Å². The Morgan fingerprint density at radius 3 is 2.69 bits per heavy atom. The first kappa shape index (κ1) is 13.5. The van der Waals surface area contributed by atoms with Crippen molar-refractivity contribution in [1.82, 2.24) is 4.72 Å². The van der Waals surface area contributed by atoms with Gasteiger partial charge in [0.05, 0.1) is 11.1 Å². The van der Waals surface area contributed by atoms with Crippen LogP contribution in [0.4, 0.5) is 0 Å². The average Bonchev–Trinajstić information content (AvgIpc) is 2.16. The van der Waals surface area contributed by atoms with Gasteiger partial charge in [0.2, 0.25) is 10.0 Å². The molecule has 7 heteroatoms. The maximum Gasteiger partial charge on any atom is 0.243 e. The number of hydrogen-bond acceptors (Lipinski definition) is 3. The van der Waals surface area contributed by atoms with E-state index in [0.29, 0.717) is 4.47 Å². The molecule has 0 aliphatic heterocycles. The van der Waals surface area contributed by atoms with Gasteiger partial charge in [0.1, 0.15) is 10.9 Å². The third-order valence-electron chi connectivity index (χ3n) is 1.71. The number of hydrogen-bond donors (Lipinski definition) is 1. The molecule has 0 aromatic heterocycles. The van der Waals surface area contributed by atoms with Crippen molar-refractivity contribution in [3.63, 3.8) is 0 Å². The smallest absolute Gasteiger partial charge is 0.207 e. The number of nitrogens with zero attached hydrogens (tertiary/aromatic N) is 1. The molecule has 0 saturated heterocycles. The van der Waals surface area contributed by atoms with Crippen molar-refractivity contribution < 1.29 is 8.42 Å². The van der Waals surface area contributed by atoms with Gasteiger partial charge in [-0.15, -0.1) is 0 Å². The lowest BCUT2D eigenvalue weighted by Gasteiger charge is -2.09. The van der Waals surface area contributed by atoms with Gasteiger partial charge in [0.15, 0.2) is 0 Å². The van der Waals surface area contributed by atoms with Crippen molar-refractivity contribution in [1.29, 1.82) is 5.26 Å². The SMILES string of the molecule is CC(C#N)NS(=O)(=O)c1ccc(Br)cc1Cl. The molecular formula is C9H8BrClN2O2S. The van der Waals surface area contributed by atoms with Gasteiger partial charge in [-0.1, -0.05) is 27.5 Å². The van der Waals surface area contributed by atoms with Crippen molar-refractivity contribution in [3.8, 4) is 6.07 Å². The second-order valence-corrected chi connectivity index (χ2v) is 6.05. The highest BCUT2D eigenvalue weighted by atomic mass is 79.9. The van der Waals surface area contributed by atoms with Crippen LogP contribution in [0.15, 0.2) is 27.6 Å². The van der Waals surface area contributed by atoms with Crippen LogP contribution < -0.4 is 4.72 Å². The first-order chi connectivity index (χ1) is 7.36. The van der Waals surface area contributed by atoms with Crippen LogP contribution >= 0.6 is 27.5 Å². The Morgan fingerprint density at radius 2 is 2.19 bits per heavy atom. The van der Waals surface area contributed by atoms with Crippen LogP contribution in [0.25, 0.3) is 0 Å². The summed E-state index contributed by atoms with van der Waals surface area (Å²) in [5.41, 5.74) is 0. The number of nitrogens with one attached hydrogen (secondary N) is 1. The fraction of sp³-hybridized carbons (Fsp3) is 0.222. The van der Waals surface area contributed by atoms with Gasteiger partial charge >= 0.3 is 0 Å². The highest BCUT2D eigenvalue weighted by Crippen LogP contribution is 2.25. The number of rotatable bonds is 3. The molecule has 1 rings (SSSR count). The summed E-state index contributed by atoms with van der Waals surface area (Å²) in [6, 6.07) is 5.40. The molecule has 0 amide bonds. The second-order valence-electron chi connectivity index (χ2n) is 3.05. The maximum absolute atomic E-state index is 11.8. The van der Waals surface area contributed by atoms with Crippen molar-refractivity contribution in [2.24, 2.45) is 0 Å². The van der Waals surface area contributed by atoms with Gasteiger partial charge < -0.3 is 0 Å². The Labute approximate surface area is 107 Å². The van der Waals surface area contributed by atoms with Crippen molar-refractivity contribution in [2.45, 2.75) is 17.9 Å². The van der Waals surface area contributed by atoms with Gasteiger partial charge in [0, 0.05) is 4.47 Å². The summed E-state index contributed by atoms with van der Waals surface area (Å²) in [5.74, 6) is 0. The van der Waals surface area contributed by atoms with E-state index < -0.39 is 16.1 Å². The number of nitriles is 1. The molecule has 0 saturated carbocycles. The van der Waals surface area contributed by atoms with Gasteiger partial charge in [-0.25, -0.2) is 8.42 Å². The molecule has 0 spiro atoms. The number of halogens is 2. The van der Waals surface area contributed by atoms with Gasteiger partial charge in [-0.3, -0.25) is 0 Å². The Hall–Kier alpha value is -0.610. The minimum absolute atomic E-state index is 0.0422. The third-order valence-corrected chi connectivity index (χ3v) is 4.23. The monoisotopic (exact) mass is 322 g/mol. The molecule has 1 aromatic carbocycles. The Kier molecular flexibility index (Phi) is 4.33. The molecule has 1 N–H and O–H groups in total. The van der Waals surface area contributed by atoms with E-state index in [1.54, 1.807) is 12.1 Å². The zero-order chi connectivity index (χ0) is 12.3. The molecule has 1 unspecified atom stereocenters. The molecule has 0 bridgehead atoms. The predicted octanol–water partition coefficient (Wildman–Crippen LogP) is 2.29. The van der Waals surface area contributed by atoms with E-state index in [0.717, 1.165) is 0 Å². The van der Waals surface area contributed by atoms with E-state index in [1.165, 1.54) is 19.1 Å². The largest absolute Gasteiger partial charge is 0.243 e. The first-order valence-electron chi connectivity index (χ1n) is 4.24. The summed E-state index contributed by atoms with van der Waals surface area (Å²) in [6.07, 6.45) is 0. The first-order valence-corrected chi connectivity index (χ1v) is 6.89. The fourth-order valence-electron chi connectivity index (χ4n) is 1.02. The lowest BCUT2D eigenvalue weighted by molar-refractivity contribution is 0.577. The highest BCUT2D eigenvalue weighted by Gasteiger charge is 2.20. The lowest BCUT2D eigenvalue weighted by atomic mass is 10.4. The average molecular weight is 324 g/mol. The fourth-order valence-corrected chi connectivity index (χ4v) is 3.20. The Bertz CT molecular complexity index is 539. The van der Waals surface area contributed by atoms with Crippen molar-refractivity contribution in [3.05, 3.63) is 27.7 Å². The number of sulfonamides is 1. The van der Waals surface area contributed by atoms with Crippen LogP contribution in [0.1, 0.15) is 6.92 Å². The molecule has 4 nitrogen and oxygen atoms in total. The van der Waals surface area contributed by atoms with Crippen LogP contribution in [0.2, 0.25) is 5.02 Å². The van der Waals surface area contributed by atoms with Crippen LogP contribution in [-0.2, 0) is 10.0 Å². The maximum atomic E-state index is 11.8. The molecule has 0 heterocycles. The van der Waals surface area contributed by atoms with Crippen LogP contribution in [0.5, 0.6) is 0 Å². The van der Waals surface area contributed by atoms with Crippen molar-refractivity contribution in [2.75, 3.05) is 0 Å². The van der Waals surface area contributed by atoms with Crippen molar-refractivity contribution >= 4 is 37.6 Å². The highest BCUT2D eigenvalue weighted by molar-refractivity contribution is 9.10. The van der Waals surface area contributed by atoms with Gasteiger partial charge in [-0.05, 0) is 25.1 Å². The summed E-state index contributed by atoms with van der Waals surface area (Å²) in [6.45, 7) is 1.45. The molecular weight excluding hydrogens is 316 g/mol. The lowest BCUT2D eigenvalue weighted by Crippen LogP contribution is -2.31. The van der Waals surface area contributed by atoms with E-state index >= 15 is 0 Å². The van der Waals surface area contributed by atoms with E-state index in [-0.39, 0.29) is 9.92 Å². The number of benzene rings is 1. The minimum Gasteiger partial charge on any atom is -0.207 e. The molecule has 1 atom stereocenters. The summed E-state index contributed by atoms with van der Waals surface area (Å²) in [5, 5.41) is 8.64. The van der Waals surface area contributed by atoms with E-state index in [4.69, 9.17) is 16.9 Å². The summed E-state index contributed by atoms with van der Waals surface area (Å²) in [7, 11) is -3.74. The molecule has 0 aliphatic carbocycles. The summed E-state index contributed by atoms with van der Waals surface area (Å²) >= 11 is 8.98. The van der Waals surface area contributed by atoms with Crippen LogP contribution in [-0.4, -0.2) is 14.5 Å². The topological polar surface area (TPSA) is 70.0 Å². The second kappa shape index (κ2) is 5.15. The van der Waals surface area contributed by atoms with Crippen LogP contribution in [0.3, 0.4) is 0 Å². The van der Waals surface area contributed by atoms with Gasteiger partial charge in [-0.2, -0.15) is 9.98 Å². The molecule has 16 heavy (non-hydrogen) atoms. The third kappa shape index (κ3) is 3.19. The standard InChI is InChI=1S/C9H8BrClN2O2S/c1-6(5-12)13-16(14,15)9-3-2-7(10)4-8(9)11/h2-4,6,13H,1H3. The Balaban J connectivity index is 3.14. The molecule has 0 fully saturated rings. The predicted molar refractivity (Wildman–Crippen MR) is 64.5 cm³/mol. The zero-order valence-corrected chi connectivity index (χ0v) is 11.4. The molecule has 1 aromatic rings. The normalized spacial score (nSPS) is 13.1. The van der Waals surface area contributed by atoms with E-state index in [1.807, 2.05) is 0 Å². The molecule has 0 radical (unpaired) electrons. The van der Waals surface area contributed by atoms with E-state index in [2.05, 4.69) is 20.7 Å².